The van der Waals surface area contributed by atoms with Crippen molar-refractivity contribution >= 4 is 33.3 Å². The van der Waals surface area contributed by atoms with Crippen molar-refractivity contribution in [3.8, 4) is 0 Å². The fraction of sp³-hybridized carbons (Fsp3) is 0. The highest BCUT2D eigenvalue weighted by Gasteiger charge is 2.13. The molecule has 1 heterocycles. The Bertz CT molecular complexity index is 588. The van der Waals surface area contributed by atoms with Crippen LogP contribution in [-0.4, -0.2) is 15.9 Å². The quantitative estimate of drug-likeness (QED) is 0.833. The second-order valence-corrected chi connectivity index (χ2v) is 4.19. The third-order valence-corrected chi connectivity index (χ3v) is 2.57. The Labute approximate surface area is 110 Å². The summed E-state index contributed by atoms with van der Waals surface area (Å²) in [5, 5.41) is 2.47. The normalized spacial score (nSPS) is 10.1. The zero-order chi connectivity index (χ0) is 13.1. The van der Waals surface area contributed by atoms with Gasteiger partial charge in [-0.3, -0.25) is 4.79 Å². The van der Waals surface area contributed by atoms with Gasteiger partial charge in [-0.05, 0) is 28.1 Å². The number of benzene rings is 1. The van der Waals surface area contributed by atoms with Gasteiger partial charge < -0.3 is 11.1 Å². The molecule has 1 amide bonds. The van der Waals surface area contributed by atoms with Gasteiger partial charge in [-0.15, -0.1) is 0 Å². The molecule has 0 bridgehead atoms. The molecular weight excluding hydrogens is 303 g/mol. The Balaban J connectivity index is 2.22. The third-order valence-electron chi connectivity index (χ3n) is 2.16. The molecule has 0 saturated heterocycles. The fourth-order valence-corrected chi connectivity index (χ4v) is 1.50. The first-order chi connectivity index (χ1) is 8.58. The minimum atomic E-state index is -0.635. The second-order valence-electron chi connectivity index (χ2n) is 3.38. The van der Waals surface area contributed by atoms with Crippen molar-refractivity contribution in [1.82, 2.24) is 9.97 Å². The van der Waals surface area contributed by atoms with Crippen LogP contribution in [0, 0.1) is 5.82 Å². The maximum atomic E-state index is 13.2. The number of nitrogen functional groups attached to an aromatic ring is 1. The van der Waals surface area contributed by atoms with Crippen LogP contribution in [0.5, 0.6) is 0 Å². The van der Waals surface area contributed by atoms with Gasteiger partial charge in [0.25, 0.3) is 5.91 Å². The summed E-state index contributed by atoms with van der Waals surface area (Å²) in [4.78, 5) is 19.7. The van der Waals surface area contributed by atoms with Crippen LogP contribution in [0.25, 0.3) is 0 Å². The zero-order valence-corrected chi connectivity index (χ0v) is 10.6. The first kappa shape index (κ1) is 12.4. The number of aromatic nitrogens is 2. The van der Waals surface area contributed by atoms with Gasteiger partial charge in [0.15, 0.2) is 5.82 Å². The molecule has 1 aromatic carbocycles. The van der Waals surface area contributed by atoms with E-state index in [-0.39, 0.29) is 17.1 Å². The molecule has 7 heteroatoms. The number of halogens is 2. The van der Waals surface area contributed by atoms with E-state index in [1.165, 1.54) is 30.6 Å². The van der Waals surface area contributed by atoms with E-state index in [0.29, 0.717) is 4.60 Å². The lowest BCUT2D eigenvalue weighted by molar-refractivity contribution is 0.102. The fourth-order valence-electron chi connectivity index (χ4n) is 1.30. The van der Waals surface area contributed by atoms with Crippen molar-refractivity contribution in [2.45, 2.75) is 0 Å². The predicted molar refractivity (Wildman–Crippen MR) is 68.5 cm³/mol. The third kappa shape index (κ3) is 2.62. The number of para-hydroxylation sites is 1. The van der Waals surface area contributed by atoms with Gasteiger partial charge in [-0.1, -0.05) is 6.07 Å². The lowest BCUT2D eigenvalue weighted by atomic mass is 10.1. The summed E-state index contributed by atoms with van der Waals surface area (Å²) in [7, 11) is 0. The Morgan fingerprint density at radius 2 is 2.11 bits per heavy atom. The maximum Gasteiger partial charge on any atom is 0.259 e. The van der Waals surface area contributed by atoms with E-state index in [0.717, 1.165) is 0 Å². The first-order valence-corrected chi connectivity index (χ1v) is 5.70. The zero-order valence-electron chi connectivity index (χ0n) is 9.02. The number of hydrogen-bond acceptors (Lipinski definition) is 4. The molecule has 2 aromatic rings. The largest absolute Gasteiger partial charge is 0.396 e. The highest BCUT2D eigenvalue weighted by Crippen LogP contribution is 2.17. The van der Waals surface area contributed by atoms with Gasteiger partial charge in [-0.25, -0.2) is 14.4 Å². The van der Waals surface area contributed by atoms with E-state index >= 15 is 0 Å². The molecular formula is C11H8BrFN4O. The standard InChI is InChI=1S/C11H8BrFN4O/c12-8-4-16-9(5-15-8)17-11(18)6-2-1-3-7(13)10(6)14/h1-5H,14H2,(H,16,17,18). The maximum absolute atomic E-state index is 13.2. The number of hydrogen-bond donors (Lipinski definition) is 2. The van der Waals surface area contributed by atoms with Crippen molar-refractivity contribution in [1.29, 1.82) is 0 Å². The number of nitrogens with zero attached hydrogens (tertiary/aromatic N) is 2. The minimum Gasteiger partial charge on any atom is -0.396 e. The van der Waals surface area contributed by atoms with E-state index in [4.69, 9.17) is 5.73 Å². The minimum absolute atomic E-state index is 0.0553. The Morgan fingerprint density at radius 1 is 1.33 bits per heavy atom. The Morgan fingerprint density at radius 3 is 2.78 bits per heavy atom. The molecule has 2 rings (SSSR count). The number of amides is 1. The average Bonchev–Trinajstić information content (AvgIpc) is 2.35. The topological polar surface area (TPSA) is 80.9 Å². The van der Waals surface area contributed by atoms with E-state index in [2.05, 4.69) is 31.2 Å². The van der Waals surface area contributed by atoms with Gasteiger partial charge in [0, 0.05) is 0 Å². The molecule has 0 atom stereocenters. The number of carbonyl (C=O) groups excluding carboxylic acids is 1. The molecule has 5 nitrogen and oxygen atoms in total. The molecule has 0 spiro atoms. The number of rotatable bonds is 2. The molecule has 18 heavy (non-hydrogen) atoms. The summed E-state index contributed by atoms with van der Waals surface area (Å²) in [5.74, 6) is -0.917. The van der Waals surface area contributed by atoms with Crippen molar-refractivity contribution in [2.24, 2.45) is 0 Å². The van der Waals surface area contributed by atoms with Crippen LogP contribution in [0.1, 0.15) is 10.4 Å². The smallest absolute Gasteiger partial charge is 0.259 e. The van der Waals surface area contributed by atoms with Crippen molar-refractivity contribution in [3.05, 3.63) is 46.6 Å². The highest BCUT2D eigenvalue weighted by molar-refractivity contribution is 9.10. The second kappa shape index (κ2) is 5.09. The summed E-state index contributed by atoms with van der Waals surface area (Å²) in [6, 6.07) is 4.03. The first-order valence-electron chi connectivity index (χ1n) is 4.91. The summed E-state index contributed by atoms with van der Waals surface area (Å²) in [5.41, 5.74) is 5.34. The lowest BCUT2D eigenvalue weighted by Gasteiger charge is -2.06. The molecule has 0 fully saturated rings. The van der Waals surface area contributed by atoms with Crippen LogP contribution in [-0.2, 0) is 0 Å². The molecule has 0 aliphatic rings. The molecule has 92 valence electrons. The lowest BCUT2D eigenvalue weighted by Crippen LogP contribution is -2.15. The molecule has 3 N–H and O–H groups in total. The van der Waals surface area contributed by atoms with Crippen LogP contribution in [0.15, 0.2) is 35.2 Å². The monoisotopic (exact) mass is 310 g/mol. The molecule has 0 aliphatic heterocycles. The van der Waals surface area contributed by atoms with Crippen LogP contribution in [0.2, 0.25) is 0 Å². The van der Waals surface area contributed by atoms with Gasteiger partial charge in [-0.2, -0.15) is 0 Å². The summed E-state index contributed by atoms with van der Waals surface area (Å²) < 4.78 is 13.7. The van der Waals surface area contributed by atoms with Gasteiger partial charge in [0.1, 0.15) is 10.4 Å². The highest BCUT2D eigenvalue weighted by atomic mass is 79.9. The molecule has 1 aromatic heterocycles. The number of carbonyl (C=O) groups is 1. The van der Waals surface area contributed by atoms with Crippen LogP contribution in [0.4, 0.5) is 15.9 Å². The molecule has 0 saturated carbocycles. The van der Waals surface area contributed by atoms with Crippen LogP contribution in [0.3, 0.4) is 0 Å². The van der Waals surface area contributed by atoms with Crippen LogP contribution < -0.4 is 11.1 Å². The van der Waals surface area contributed by atoms with Gasteiger partial charge >= 0.3 is 0 Å². The van der Waals surface area contributed by atoms with E-state index < -0.39 is 11.7 Å². The Hall–Kier alpha value is -2.02. The van der Waals surface area contributed by atoms with E-state index in [1.54, 1.807) is 0 Å². The number of anilines is 2. The summed E-state index contributed by atoms with van der Waals surface area (Å²) in [6.07, 6.45) is 2.81. The van der Waals surface area contributed by atoms with Crippen molar-refractivity contribution < 1.29 is 9.18 Å². The van der Waals surface area contributed by atoms with Crippen molar-refractivity contribution in [3.63, 3.8) is 0 Å². The molecule has 0 unspecified atom stereocenters. The number of nitrogens with two attached hydrogens (primary N) is 1. The SMILES string of the molecule is Nc1c(F)cccc1C(=O)Nc1cnc(Br)cn1. The van der Waals surface area contributed by atoms with Crippen LogP contribution >= 0.6 is 15.9 Å². The van der Waals surface area contributed by atoms with Gasteiger partial charge in [0.2, 0.25) is 0 Å². The average molecular weight is 311 g/mol. The molecule has 0 radical (unpaired) electrons. The van der Waals surface area contributed by atoms with Crippen molar-refractivity contribution in [2.75, 3.05) is 11.1 Å². The summed E-state index contributed by atoms with van der Waals surface area (Å²) >= 11 is 3.12. The predicted octanol–water partition coefficient (Wildman–Crippen LogP) is 2.21. The summed E-state index contributed by atoms with van der Waals surface area (Å²) in [6.45, 7) is 0. The number of nitrogens with one attached hydrogen (secondary N) is 1. The van der Waals surface area contributed by atoms with E-state index in [1.807, 2.05) is 0 Å². The Kier molecular flexibility index (Phi) is 3.52. The molecule has 0 aliphatic carbocycles. The van der Waals surface area contributed by atoms with E-state index in [9.17, 15) is 9.18 Å². The van der Waals surface area contributed by atoms with Gasteiger partial charge in [0.05, 0.1) is 23.6 Å².